The van der Waals surface area contributed by atoms with Crippen LogP contribution < -0.4 is 0 Å². The molecule has 0 unspecified atom stereocenters. The number of aliphatic hydroxyl groups is 1. The number of carbonyl (C=O) groups excluding carboxylic acids is 1. The van der Waals surface area contributed by atoms with Gasteiger partial charge in [0.15, 0.2) is 0 Å². The third-order valence-electron chi connectivity index (χ3n) is 5.74. The van der Waals surface area contributed by atoms with Crippen LogP contribution in [0.3, 0.4) is 0 Å². The van der Waals surface area contributed by atoms with Crippen LogP contribution in [0.5, 0.6) is 0 Å². The Bertz CT molecular complexity index is 621. The van der Waals surface area contributed by atoms with Crippen LogP contribution in [0, 0.1) is 18.8 Å². The first-order valence-electron chi connectivity index (χ1n) is 9.79. The van der Waals surface area contributed by atoms with Crippen LogP contribution >= 0.6 is 11.3 Å². The maximum Gasteiger partial charge on any atom is 0.265 e. The molecule has 0 saturated carbocycles. The lowest BCUT2D eigenvalue weighted by Gasteiger charge is -2.26. The minimum Gasteiger partial charge on any atom is -0.396 e. The van der Waals surface area contributed by atoms with Crippen molar-refractivity contribution < 1.29 is 9.90 Å². The molecule has 1 N–H and O–H groups in total. The number of aromatic nitrogens is 1. The SMILES string of the molecule is CCc1nc(C)c(C(=O)N2C[C@@H](CN3CCCN(C)CC3)[C@@H](CO)C2)s1. The van der Waals surface area contributed by atoms with E-state index < -0.39 is 0 Å². The first-order chi connectivity index (χ1) is 12.5. The van der Waals surface area contributed by atoms with Crippen molar-refractivity contribution in [3.63, 3.8) is 0 Å². The molecule has 6 nitrogen and oxygen atoms in total. The average molecular weight is 381 g/mol. The largest absolute Gasteiger partial charge is 0.396 e. The predicted octanol–water partition coefficient (Wildman–Crippen LogP) is 1.33. The van der Waals surface area contributed by atoms with E-state index in [2.05, 4.69) is 28.8 Å². The molecule has 0 aliphatic carbocycles. The second-order valence-corrected chi connectivity index (χ2v) is 8.83. The molecule has 1 aromatic rings. The van der Waals surface area contributed by atoms with E-state index in [1.807, 2.05) is 11.8 Å². The van der Waals surface area contributed by atoms with E-state index in [1.165, 1.54) is 17.8 Å². The summed E-state index contributed by atoms with van der Waals surface area (Å²) in [5, 5.41) is 10.9. The fraction of sp³-hybridized carbons (Fsp3) is 0.789. The first-order valence-corrected chi connectivity index (χ1v) is 10.6. The summed E-state index contributed by atoms with van der Waals surface area (Å²) < 4.78 is 0. The molecule has 146 valence electrons. The van der Waals surface area contributed by atoms with Crippen molar-refractivity contribution in [2.24, 2.45) is 11.8 Å². The van der Waals surface area contributed by atoms with Gasteiger partial charge >= 0.3 is 0 Å². The molecule has 3 rings (SSSR count). The van der Waals surface area contributed by atoms with Gasteiger partial charge < -0.3 is 19.8 Å². The summed E-state index contributed by atoms with van der Waals surface area (Å²) in [6, 6.07) is 0. The zero-order valence-corrected chi connectivity index (χ0v) is 17.1. The third kappa shape index (κ3) is 4.44. The number of aliphatic hydroxyl groups excluding tert-OH is 1. The van der Waals surface area contributed by atoms with Gasteiger partial charge in [-0.2, -0.15) is 0 Å². The zero-order valence-electron chi connectivity index (χ0n) is 16.3. The average Bonchev–Trinajstić information content (AvgIpc) is 3.15. The van der Waals surface area contributed by atoms with Crippen LogP contribution in [-0.4, -0.2) is 90.2 Å². The molecule has 0 bridgehead atoms. The van der Waals surface area contributed by atoms with Crippen LogP contribution in [0.15, 0.2) is 0 Å². The lowest BCUT2D eigenvalue weighted by molar-refractivity contribution is 0.0783. The maximum atomic E-state index is 13.0. The lowest BCUT2D eigenvalue weighted by atomic mass is 9.96. The van der Waals surface area contributed by atoms with Gasteiger partial charge in [0, 0.05) is 45.2 Å². The fourth-order valence-corrected chi connectivity index (χ4v) is 5.05. The molecule has 1 amide bonds. The Morgan fingerprint density at radius 2 is 2.00 bits per heavy atom. The standard InChI is InChI=1S/C19H32N4O2S/c1-4-17-20-14(2)18(26-17)19(25)23-11-15(16(12-23)13-24)10-22-7-5-6-21(3)8-9-22/h15-16,24H,4-13H2,1-3H3/t15-,16-/m1/s1. The minimum absolute atomic E-state index is 0.0937. The Labute approximate surface area is 160 Å². The van der Waals surface area contributed by atoms with Gasteiger partial charge in [-0.15, -0.1) is 11.3 Å². The summed E-state index contributed by atoms with van der Waals surface area (Å²) in [5.74, 6) is 0.626. The highest BCUT2D eigenvalue weighted by molar-refractivity contribution is 7.13. The Hall–Kier alpha value is -1.02. The molecule has 0 spiro atoms. The molecular weight excluding hydrogens is 348 g/mol. The van der Waals surface area contributed by atoms with E-state index >= 15 is 0 Å². The van der Waals surface area contributed by atoms with Gasteiger partial charge in [-0.25, -0.2) is 4.98 Å². The highest BCUT2D eigenvalue weighted by Crippen LogP contribution is 2.28. The Kier molecular flexibility index (Phi) is 6.66. The maximum absolute atomic E-state index is 13.0. The van der Waals surface area contributed by atoms with Crippen molar-refractivity contribution in [2.75, 3.05) is 59.5 Å². The van der Waals surface area contributed by atoms with E-state index in [9.17, 15) is 9.90 Å². The number of thiazole rings is 1. The summed E-state index contributed by atoms with van der Waals surface area (Å²) in [5.41, 5.74) is 0.844. The molecule has 2 aliphatic heterocycles. The fourth-order valence-electron chi connectivity index (χ4n) is 4.08. The van der Waals surface area contributed by atoms with Crippen LogP contribution in [0.4, 0.5) is 0 Å². The molecule has 7 heteroatoms. The summed E-state index contributed by atoms with van der Waals surface area (Å²) in [4.78, 5) is 25.1. The van der Waals surface area contributed by atoms with E-state index in [1.54, 1.807) is 0 Å². The van der Waals surface area contributed by atoms with Crippen LogP contribution in [0.25, 0.3) is 0 Å². The van der Waals surface area contributed by atoms with Crippen molar-refractivity contribution in [1.29, 1.82) is 0 Å². The van der Waals surface area contributed by atoms with Crippen molar-refractivity contribution >= 4 is 17.2 Å². The lowest BCUT2D eigenvalue weighted by Crippen LogP contribution is -2.36. The van der Waals surface area contributed by atoms with Gasteiger partial charge in [-0.3, -0.25) is 4.79 Å². The minimum atomic E-state index is 0.0937. The third-order valence-corrected chi connectivity index (χ3v) is 7.03. The molecule has 3 heterocycles. The van der Waals surface area contributed by atoms with Gasteiger partial charge in [0.1, 0.15) is 4.88 Å². The number of hydrogen-bond donors (Lipinski definition) is 1. The van der Waals surface area contributed by atoms with Gasteiger partial charge in [0.25, 0.3) is 5.91 Å². The first kappa shape index (κ1) is 19.7. The van der Waals surface area contributed by atoms with Gasteiger partial charge in [0.05, 0.1) is 10.7 Å². The number of likely N-dealkylation sites (N-methyl/N-ethyl adjacent to an activating group) is 1. The summed E-state index contributed by atoms with van der Waals surface area (Å²) in [6.07, 6.45) is 2.06. The van der Waals surface area contributed by atoms with Crippen molar-refractivity contribution in [1.82, 2.24) is 19.7 Å². The molecule has 0 aromatic carbocycles. The summed E-state index contributed by atoms with van der Waals surface area (Å²) >= 11 is 1.52. The molecule has 2 saturated heterocycles. The molecule has 2 atom stereocenters. The normalized spacial score (nSPS) is 25.6. The number of rotatable bonds is 5. The molecule has 2 fully saturated rings. The van der Waals surface area contributed by atoms with Gasteiger partial charge in [-0.1, -0.05) is 6.92 Å². The number of carbonyl (C=O) groups is 1. The van der Waals surface area contributed by atoms with Crippen LogP contribution in [0.1, 0.15) is 33.7 Å². The monoisotopic (exact) mass is 380 g/mol. The molecule has 26 heavy (non-hydrogen) atoms. The van der Waals surface area contributed by atoms with Crippen molar-refractivity contribution in [3.05, 3.63) is 15.6 Å². The molecule has 0 radical (unpaired) electrons. The van der Waals surface area contributed by atoms with Crippen LogP contribution in [-0.2, 0) is 6.42 Å². The van der Waals surface area contributed by atoms with E-state index in [0.717, 1.165) is 61.3 Å². The van der Waals surface area contributed by atoms with Crippen LogP contribution in [0.2, 0.25) is 0 Å². The summed E-state index contributed by atoms with van der Waals surface area (Å²) in [6.45, 7) is 11.0. The Morgan fingerprint density at radius 3 is 2.69 bits per heavy atom. The number of amides is 1. The second-order valence-electron chi connectivity index (χ2n) is 7.75. The van der Waals surface area contributed by atoms with Crippen molar-refractivity contribution in [2.45, 2.75) is 26.7 Å². The quantitative estimate of drug-likeness (QED) is 0.835. The van der Waals surface area contributed by atoms with E-state index in [0.29, 0.717) is 12.5 Å². The number of aryl methyl sites for hydroxylation is 2. The Balaban J connectivity index is 1.64. The summed E-state index contributed by atoms with van der Waals surface area (Å²) in [7, 11) is 2.18. The smallest absolute Gasteiger partial charge is 0.265 e. The second kappa shape index (κ2) is 8.78. The highest BCUT2D eigenvalue weighted by atomic mass is 32.1. The number of hydrogen-bond acceptors (Lipinski definition) is 6. The topological polar surface area (TPSA) is 59.9 Å². The zero-order chi connectivity index (χ0) is 18.7. The number of likely N-dealkylation sites (tertiary alicyclic amines) is 1. The van der Waals surface area contributed by atoms with E-state index in [-0.39, 0.29) is 18.4 Å². The van der Waals surface area contributed by atoms with Gasteiger partial charge in [-0.05, 0) is 45.8 Å². The Morgan fingerprint density at radius 1 is 1.23 bits per heavy atom. The van der Waals surface area contributed by atoms with Crippen molar-refractivity contribution in [3.8, 4) is 0 Å². The molecular formula is C19H32N4O2S. The van der Waals surface area contributed by atoms with E-state index in [4.69, 9.17) is 0 Å². The number of nitrogens with zero attached hydrogens (tertiary/aromatic N) is 4. The predicted molar refractivity (Wildman–Crippen MR) is 105 cm³/mol. The highest BCUT2D eigenvalue weighted by Gasteiger charge is 2.37. The molecule has 2 aliphatic rings. The van der Waals surface area contributed by atoms with Gasteiger partial charge in [0.2, 0.25) is 0 Å². The molecule has 1 aromatic heterocycles.